The smallest absolute Gasteiger partial charge is 0.0458 e. The molecule has 2 rings (SSSR count). The minimum atomic E-state index is 0.752. The number of nitrogens with one attached hydrogen (secondary N) is 1. The lowest BCUT2D eigenvalue weighted by Crippen LogP contribution is -2.00. The predicted molar refractivity (Wildman–Crippen MR) is 79.4 cm³/mol. The quantitative estimate of drug-likeness (QED) is 0.829. The summed E-state index contributed by atoms with van der Waals surface area (Å²) >= 11 is 6.22. The van der Waals surface area contributed by atoms with Crippen LogP contribution in [-0.2, 0) is 6.54 Å². The summed E-state index contributed by atoms with van der Waals surface area (Å²) in [5.74, 6) is 0. The molecule has 1 nitrogen and oxygen atoms in total. The lowest BCUT2D eigenvalue weighted by atomic mass is 10.1. The van der Waals surface area contributed by atoms with Gasteiger partial charge in [-0.1, -0.05) is 29.8 Å². The molecule has 0 aliphatic heterocycles. The molecule has 2 aromatic carbocycles. The maximum Gasteiger partial charge on any atom is 0.0458 e. The van der Waals surface area contributed by atoms with Crippen LogP contribution in [0.1, 0.15) is 22.3 Å². The highest BCUT2D eigenvalue weighted by atomic mass is 35.5. The normalized spacial score (nSPS) is 10.4. The third-order valence-electron chi connectivity index (χ3n) is 2.91. The molecule has 2 heteroatoms. The lowest BCUT2D eigenvalue weighted by molar-refractivity contribution is 1.14. The van der Waals surface area contributed by atoms with E-state index >= 15 is 0 Å². The van der Waals surface area contributed by atoms with Gasteiger partial charge in [-0.15, -0.1) is 0 Å². The summed E-state index contributed by atoms with van der Waals surface area (Å²) in [4.78, 5) is 0. The highest BCUT2D eigenvalue weighted by Crippen LogP contribution is 2.20. The van der Waals surface area contributed by atoms with E-state index in [1.165, 1.54) is 16.7 Å². The minimum Gasteiger partial charge on any atom is -0.381 e. The van der Waals surface area contributed by atoms with Crippen molar-refractivity contribution in [3.63, 3.8) is 0 Å². The second kappa shape index (κ2) is 5.45. The van der Waals surface area contributed by atoms with Crippen molar-refractivity contribution >= 4 is 17.3 Å². The summed E-state index contributed by atoms with van der Waals surface area (Å²) in [7, 11) is 0. The molecule has 0 unspecified atom stereocenters. The van der Waals surface area contributed by atoms with Gasteiger partial charge < -0.3 is 5.32 Å². The van der Waals surface area contributed by atoms with Gasteiger partial charge in [-0.3, -0.25) is 0 Å². The third kappa shape index (κ3) is 3.27. The fourth-order valence-corrected chi connectivity index (χ4v) is 2.37. The van der Waals surface area contributed by atoms with Crippen LogP contribution in [-0.4, -0.2) is 0 Å². The molecular formula is C16H18ClN. The number of halogens is 1. The van der Waals surface area contributed by atoms with Crippen LogP contribution in [0.15, 0.2) is 36.4 Å². The molecule has 2 aromatic rings. The summed E-state index contributed by atoms with van der Waals surface area (Å²) < 4.78 is 0. The molecule has 0 amide bonds. The van der Waals surface area contributed by atoms with E-state index in [0.717, 1.165) is 22.8 Å². The second-order valence-corrected chi connectivity index (χ2v) is 5.23. The molecule has 0 bridgehead atoms. The van der Waals surface area contributed by atoms with E-state index in [2.05, 4.69) is 49.5 Å². The molecule has 0 saturated heterocycles. The van der Waals surface area contributed by atoms with Crippen LogP contribution in [0, 0.1) is 20.8 Å². The van der Waals surface area contributed by atoms with Gasteiger partial charge in [-0.2, -0.15) is 0 Å². The molecule has 18 heavy (non-hydrogen) atoms. The highest BCUT2D eigenvalue weighted by Gasteiger charge is 2.01. The van der Waals surface area contributed by atoms with E-state index in [4.69, 9.17) is 11.6 Å². The fourth-order valence-electron chi connectivity index (χ4n) is 2.07. The van der Waals surface area contributed by atoms with Gasteiger partial charge in [0.05, 0.1) is 0 Å². The Kier molecular flexibility index (Phi) is 3.93. The molecular weight excluding hydrogens is 242 g/mol. The van der Waals surface area contributed by atoms with Crippen LogP contribution in [0.3, 0.4) is 0 Å². The first-order valence-electron chi connectivity index (χ1n) is 6.12. The minimum absolute atomic E-state index is 0.752. The summed E-state index contributed by atoms with van der Waals surface area (Å²) in [6.45, 7) is 7.02. The number of rotatable bonds is 3. The fraction of sp³-hybridized carbons (Fsp3) is 0.250. The first-order valence-corrected chi connectivity index (χ1v) is 6.49. The van der Waals surface area contributed by atoms with Gasteiger partial charge in [0.15, 0.2) is 0 Å². The van der Waals surface area contributed by atoms with Crippen LogP contribution < -0.4 is 5.32 Å². The SMILES string of the molecule is Cc1cc(C)cc(NCc2ccc(C)cc2Cl)c1. The van der Waals surface area contributed by atoms with E-state index in [1.807, 2.05) is 13.0 Å². The molecule has 0 heterocycles. The monoisotopic (exact) mass is 259 g/mol. The Bertz CT molecular complexity index is 541. The Labute approximate surface area is 114 Å². The average Bonchev–Trinajstić information content (AvgIpc) is 2.26. The number of anilines is 1. The van der Waals surface area contributed by atoms with Crippen LogP contribution >= 0.6 is 11.6 Å². The Balaban J connectivity index is 2.11. The Morgan fingerprint density at radius 3 is 2.17 bits per heavy atom. The molecule has 0 spiro atoms. The zero-order chi connectivity index (χ0) is 13.1. The number of hydrogen-bond donors (Lipinski definition) is 1. The van der Waals surface area contributed by atoms with Gasteiger partial charge in [0.1, 0.15) is 0 Å². The van der Waals surface area contributed by atoms with E-state index in [9.17, 15) is 0 Å². The molecule has 0 fully saturated rings. The lowest BCUT2D eigenvalue weighted by Gasteiger charge is -2.10. The highest BCUT2D eigenvalue weighted by molar-refractivity contribution is 6.31. The van der Waals surface area contributed by atoms with Gasteiger partial charge in [-0.05, 0) is 61.2 Å². The van der Waals surface area contributed by atoms with Crippen molar-refractivity contribution in [2.75, 3.05) is 5.32 Å². The van der Waals surface area contributed by atoms with Crippen molar-refractivity contribution in [1.82, 2.24) is 0 Å². The van der Waals surface area contributed by atoms with Crippen molar-refractivity contribution in [2.24, 2.45) is 0 Å². The molecule has 94 valence electrons. The Hall–Kier alpha value is -1.47. The number of hydrogen-bond acceptors (Lipinski definition) is 1. The molecule has 0 aliphatic carbocycles. The summed E-state index contributed by atoms with van der Waals surface area (Å²) in [5.41, 5.74) is 6.00. The summed E-state index contributed by atoms with van der Waals surface area (Å²) in [6, 6.07) is 12.6. The van der Waals surface area contributed by atoms with Crippen LogP contribution in [0.2, 0.25) is 5.02 Å². The average molecular weight is 260 g/mol. The van der Waals surface area contributed by atoms with Gasteiger partial charge in [0.2, 0.25) is 0 Å². The van der Waals surface area contributed by atoms with Crippen molar-refractivity contribution < 1.29 is 0 Å². The van der Waals surface area contributed by atoms with Crippen molar-refractivity contribution in [2.45, 2.75) is 27.3 Å². The maximum atomic E-state index is 6.22. The van der Waals surface area contributed by atoms with E-state index in [-0.39, 0.29) is 0 Å². The molecule has 0 aliphatic rings. The second-order valence-electron chi connectivity index (χ2n) is 4.82. The van der Waals surface area contributed by atoms with Gasteiger partial charge in [0, 0.05) is 17.3 Å². The maximum absolute atomic E-state index is 6.22. The molecule has 1 N–H and O–H groups in total. The Morgan fingerprint density at radius 2 is 1.56 bits per heavy atom. The first kappa shape index (κ1) is 13.0. The Morgan fingerprint density at radius 1 is 0.889 bits per heavy atom. The summed E-state index contributed by atoms with van der Waals surface area (Å²) in [6.07, 6.45) is 0. The van der Waals surface area contributed by atoms with Crippen LogP contribution in [0.4, 0.5) is 5.69 Å². The molecule has 0 atom stereocenters. The van der Waals surface area contributed by atoms with Crippen molar-refractivity contribution in [3.05, 3.63) is 63.7 Å². The molecule has 0 radical (unpaired) electrons. The van der Waals surface area contributed by atoms with Crippen molar-refractivity contribution in [3.8, 4) is 0 Å². The zero-order valence-corrected chi connectivity index (χ0v) is 11.8. The predicted octanol–water partition coefficient (Wildman–Crippen LogP) is 4.88. The van der Waals surface area contributed by atoms with Gasteiger partial charge in [0.25, 0.3) is 0 Å². The summed E-state index contributed by atoms with van der Waals surface area (Å²) in [5, 5.41) is 4.24. The van der Waals surface area contributed by atoms with Crippen LogP contribution in [0.5, 0.6) is 0 Å². The molecule has 0 saturated carbocycles. The topological polar surface area (TPSA) is 12.0 Å². The largest absolute Gasteiger partial charge is 0.381 e. The molecule has 0 aromatic heterocycles. The first-order chi connectivity index (χ1) is 8.54. The third-order valence-corrected chi connectivity index (χ3v) is 3.27. The van der Waals surface area contributed by atoms with E-state index in [1.54, 1.807) is 0 Å². The van der Waals surface area contributed by atoms with E-state index < -0.39 is 0 Å². The number of benzene rings is 2. The van der Waals surface area contributed by atoms with E-state index in [0.29, 0.717) is 0 Å². The van der Waals surface area contributed by atoms with Gasteiger partial charge >= 0.3 is 0 Å². The van der Waals surface area contributed by atoms with Crippen molar-refractivity contribution in [1.29, 1.82) is 0 Å². The zero-order valence-electron chi connectivity index (χ0n) is 11.0. The van der Waals surface area contributed by atoms with Gasteiger partial charge in [-0.25, -0.2) is 0 Å². The standard InChI is InChI=1S/C16H18ClN/c1-11-4-5-14(16(17)9-11)10-18-15-7-12(2)6-13(3)8-15/h4-9,18H,10H2,1-3H3. The number of aryl methyl sites for hydroxylation is 3. The van der Waals surface area contributed by atoms with Crippen LogP contribution in [0.25, 0.3) is 0 Å².